The van der Waals surface area contributed by atoms with E-state index in [4.69, 9.17) is 0 Å². The number of hydrogen-bond donors (Lipinski definition) is 1. The van der Waals surface area contributed by atoms with Crippen molar-refractivity contribution in [3.63, 3.8) is 0 Å². The number of likely N-dealkylation sites (N-methyl/N-ethyl adjacent to an activating group) is 1. The molecule has 0 saturated heterocycles. The van der Waals surface area contributed by atoms with Crippen LogP contribution in [0.15, 0.2) is 24.3 Å². The van der Waals surface area contributed by atoms with Gasteiger partial charge in [0.1, 0.15) is 5.56 Å². The molecule has 0 unspecified atom stereocenters. The first-order chi connectivity index (χ1) is 9.43. The third-order valence-electron chi connectivity index (χ3n) is 3.81. The molecule has 0 aliphatic carbocycles. The molecular formula is C14H22N3O3+. The van der Waals surface area contributed by atoms with Gasteiger partial charge in [0.25, 0.3) is 11.6 Å². The molecular weight excluding hydrogens is 258 g/mol. The molecule has 110 valence electrons. The molecule has 0 radical (unpaired) electrons. The SMILES string of the molecule is CC[N+](C)(CC)CCNC(=O)c1ccccc1[N+](=O)[O-]. The molecule has 0 aliphatic heterocycles. The molecule has 0 atom stereocenters. The van der Waals surface area contributed by atoms with Crippen LogP contribution in [0.4, 0.5) is 5.69 Å². The van der Waals surface area contributed by atoms with Crippen molar-refractivity contribution >= 4 is 11.6 Å². The van der Waals surface area contributed by atoms with E-state index in [1.54, 1.807) is 12.1 Å². The van der Waals surface area contributed by atoms with Crippen molar-refractivity contribution in [3.8, 4) is 0 Å². The third kappa shape index (κ3) is 4.03. The van der Waals surface area contributed by atoms with Crippen molar-refractivity contribution in [3.05, 3.63) is 39.9 Å². The second-order valence-electron chi connectivity index (χ2n) is 5.01. The van der Waals surface area contributed by atoms with E-state index in [1.807, 2.05) is 0 Å². The monoisotopic (exact) mass is 280 g/mol. The molecule has 6 heteroatoms. The number of carbonyl (C=O) groups is 1. The van der Waals surface area contributed by atoms with Gasteiger partial charge in [0.05, 0.1) is 38.2 Å². The van der Waals surface area contributed by atoms with E-state index < -0.39 is 10.8 Å². The molecule has 0 aromatic heterocycles. The number of amides is 1. The fourth-order valence-corrected chi connectivity index (χ4v) is 1.90. The van der Waals surface area contributed by atoms with Gasteiger partial charge in [-0.25, -0.2) is 0 Å². The van der Waals surface area contributed by atoms with Gasteiger partial charge >= 0.3 is 0 Å². The summed E-state index contributed by atoms with van der Waals surface area (Å²) in [4.78, 5) is 22.3. The summed E-state index contributed by atoms with van der Waals surface area (Å²) in [5.74, 6) is -0.393. The number of benzene rings is 1. The van der Waals surface area contributed by atoms with Crippen LogP contribution in [0, 0.1) is 10.1 Å². The summed E-state index contributed by atoms with van der Waals surface area (Å²) in [6.45, 7) is 7.48. The Morgan fingerprint density at radius 1 is 1.30 bits per heavy atom. The number of quaternary nitrogens is 1. The van der Waals surface area contributed by atoms with Crippen LogP contribution in [0.5, 0.6) is 0 Å². The molecule has 20 heavy (non-hydrogen) atoms. The zero-order valence-corrected chi connectivity index (χ0v) is 12.3. The zero-order valence-electron chi connectivity index (χ0n) is 12.3. The molecule has 0 heterocycles. The summed E-state index contributed by atoms with van der Waals surface area (Å²) in [6.07, 6.45) is 0. The van der Waals surface area contributed by atoms with Crippen molar-refractivity contribution in [2.24, 2.45) is 0 Å². The van der Waals surface area contributed by atoms with Gasteiger partial charge in [-0.05, 0) is 19.9 Å². The molecule has 0 bridgehead atoms. The maximum Gasteiger partial charge on any atom is 0.282 e. The first kappa shape index (κ1) is 16.1. The maximum absolute atomic E-state index is 12.0. The number of carbonyl (C=O) groups excluding carboxylic acids is 1. The summed E-state index contributed by atoms with van der Waals surface area (Å²) < 4.78 is 0.858. The Bertz CT molecular complexity index is 484. The van der Waals surface area contributed by atoms with Crippen molar-refractivity contribution in [1.82, 2.24) is 5.32 Å². The lowest BCUT2D eigenvalue weighted by atomic mass is 10.1. The van der Waals surface area contributed by atoms with Gasteiger partial charge in [-0.1, -0.05) is 12.1 Å². The quantitative estimate of drug-likeness (QED) is 0.470. The van der Waals surface area contributed by atoms with Crippen LogP contribution >= 0.6 is 0 Å². The number of nitrogens with zero attached hydrogens (tertiary/aromatic N) is 2. The lowest BCUT2D eigenvalue weighted by Gasteiger charge is -2.32. The Morgan fingerprint density at radius 3 is 2.45 bits per heavy atom. The number of para-hydroxylation sites is 1. The first-order valence-electron chi connectivity index (χ1n) is 6.78. The predicted molar refractivity (Wildman–Crippen MR) is 77.6 cm³/mol. The topological polar surface area (TPSA) is 72.2 Å². The van der Waals surface area contributed by atoms with Crippen LogP contribution in [0.25, 0.3) is 0 Å². The average Bonchev–Trinajstić information content (AvgIpc) is 2.46. The highest BCUT2D eigenvalue weighted by Crippen LogP contribution is 2.17. The summed E-state index contributed by atoms with van der Waals surface area (Å²) in [7, 11) is 2.12. The molecule has 1 aromatic carbocycles. The number of rotatable bonds is 7. The largest absolute Gasteiger partial charge is 0.346 e. The van der Waals surface area contributed by atoms with E-state index in [1.165, 1.54) is 12.1 Å². The van der Waals surface area contributed by atoms with Gasteiger partial charge in [-0.15, -0.1) is 0 Å². The average molecular weight is 280 g/mol. The molecule has 0 fully saturated rings. The Kier molecular flexibility index (Phi) is 5.64. The second kappa shape index (κ2) is 7.00. The zero-order chi connectivity index (χ0) is 15.2. The fraction of sp³-hybridized carbons (Fsp3) is 0.500. The lowest BCUT2D eigenvalue weighted by Crippen LogP contribution is -2.48. The number of hydrogen-bond acceptors (Lipinski definition) is 3. The minimum atomic E-state index is -0.535. The van der Waals surface area contributed by atoms with Gasteiger partial charge < -0.3 is 9.80 Å². The third-order valence-corrected chi connectivity index (χ3v) is 3.81. The normalized spacial score (nSPS) is 11.2. The molecule has 0 saturated carbocycles. The van der Waals surface area contributed by atoms with Gasteiger partial charge in [-0.3, -0.25) is 14.9 Å². The highest BCUT2D eigenvalue weighted by atomic mass is 16.6. The summed E-state index contributed by atoms with van der Waals surface area (Å²) in [6, 6.07) is 5.99. The lowest BCUT2D eigenvalue weighted by molar-refractivity contribution is -0.904. The standard InChI is InChI=1S/C14H21N3O3/c1-4-17(3,5-2)11-10-15-14(18)12-8-6-7-9-13(12)16(19)20/h6-9H,4-5,10-11H2,1-3H3/p+1. The maximum atomic E-state index is 12.0. The van der Waals surface area contributed by atoms with E-state index in [0.29, 0.717) is 6.54 Å². The summed E-state index contributed by atoms with van der Waals surface area (Å²) >= 11 is 0. The van der Waals surface area contributed by atoms with E-state index in [0.717, 1.165) is 24.1 Å². The molecule has 6 nitrogen and oxygen atoms in total. The molecule has 1 aromatic rings. The highest BCUT2D eigenvalue weighted by Gasteiger charge is 2.20. The van der Waals surface area contributed by atoms with Crippen molar-refractivity contribution in [2.75, 3.05) is 33.2 Å². The van der Waals surface area contributed by atoms with Crippen molar-refractivity contribution in [2.45, 2.75) is 13.8 Å². The van der Waals surface area contributed by atoms with Crippen LogP contribution in [-0.2, 0) is 0 Å². The van der Waals surface area contributed by atoms with Crippen LogP contribution in [0.3, 0.4) is 0 Å². The van der Waals surface area contributed by atoms with E-state index in [9.17, 15) is 14.9 Å². The van der Waals surface area contributed by atoms with Crippen LogP contribution in [0.1, 0.15) is 24.2 Å². The van der Waals surface area contributed by atoms with E-state index in [-0.39, 0.29) is 11.3 Å². The molecule has 0 aliphatic rings. The van der Waals surface area contributed by atoms with Gasteiger partial charge in [-0.2, -0.15) is 0 Å². The highest BCUT2D eigenvalue weighted by molar-refractivity contribution is 5.98. The van der Waals surface area contributed by atoms with Crippen LogP contribution in [0.2, 0.25) is 0 Å². The van der Waals surface area contributed by atoms with Gasteiger partial charge in [0.15, 0.2) is 0 Å². The number of nitro benzene ring substituents is 1. The molecule has 1 N–H and O–H groups in total. The van der Waals surface area contributed by atoms with Crippen LogP contribution in [-0.4, -0.2) is 48.5 Å². The smallest absolute Gasteiger partial charge is 0.282 e. The predicted octanol–water partition coefficient (Wildman–Crippen LogP) is 1.81. The summed E-state index contributed by atoms with van der Waals surface area (Å²) in [5, 5.41) is 13.6. The molecule has 1 rings (SSSR count). The Morgan fingerprint density at radius 2 is 1.90 bits per heavy atom. The van der Waals surface area contributed by atoms with Crippen molar-refractivity contribution in [1.29, 1.82) is 0 Å². The van der Waals surface area contributed by atoms with Gasteiger partial charge in [0.2, 0.25) is 0 Å². The fourth-order valence-electron chi connectivity index (χ4n) is 1.90. The summed E-state index contributed by atoms with van der Waals surface area (Å²) in [5.41, 5.74) is -0.0482. The Balaban J connectivity index is 2.67. The Labute approximate surface area is 119 Å². The van der Waals surface area contributed by atoms with Crippen molar-refractivity contribution < 1.29 is 14.2 Å². The minimum absolute atomic E-state index is 0.111. The van der Waals surface area contributed by atoms with E-state index >= 15 is 0 Å². The minimum Gasteiger partial charge on any atom is -0.346 e. The van der Waals surface area contributed by atoms with Gasteiger partial charge in [0, 0.05) is 6.07 Å². The first-order valence-corrected chi connectivity index (χ1v) is 6.78. The number of nitrogens with one attached hydrogen (secondary N) is 1. The van der Waals surface area contributed by atoms with Crippen LogP contribution < -0.4 is 5.32 Å². The van der Waals surface area contributed by atoms with E-state index in [2.05, 4.69) is 26.2 Å². The second-order valence-corrected chi connectivity index (χ2v) is 5.01. The molecule has 0 spiro atoms. The Hall–Kier alpha value is -1.95. The molecule has 1 amide bonds. The number of nitro groups is 1.